The van der Waals surface area contributed by atoms with Gasteiger partial charge in [0.25, 0.3) is 5.91 Å². The molecular weight excluding hydrogens is 528 g/mol. The molecule has 206 valence electrons. The van der Waals surface area contributed by atoms with E-state index in [1.54, 1.807) is 0 Å². The predicted molar refractivity (Wildman–Crippen MR) is 116 cm³/mol. The summed E-state index contributed by atoms with van der Waals surface area (Å²) in [6.45, 7) is 0.687. The molecule has 17 heteroatoms. The number of rotatable bonds is 8. The highest BCUT2D eigenvalue weighted by atomic mass is 19.4. The molecule has 1 fully saturated rings. The van der Waals surface area contributed by atoms with E-state index in [-0.39, 0.29) is 23.8 Å². The molecule has 4 rings (SSSR count). The minimum absolute atomic E-state index is 0.0771. The first-order valence-electron chi connectivity index (χ1n) is 11.1. The van der Waals surface area contributed by atoms with E-state index in [2.05, 4.69) is 30.2 Å². The number of urea groups is 1. The molecule has 38 heavy (non-hydrogen) atoms. The van der Waals surface area contributed by atoms with Crippen LogP contribution in [0.2, 0.25) is 0 Å². The van der Waals surface area contributed by atoms with Gasteiger partial charge in [0.15, 0.2) is 5.69 Å². The standard InChI is InChI=1S/C21H21F6N7O4/c1-9-15(33-38-32-9)18(35)31-16(13(37-2)6-20(22,23)24)17-28-11-4-3-10(5-12(11)29-17)7-34-8-14(21(25,26)27)30-19(34)36/h3-5,13-14,16H,6-8H2,1-2H3,(H,28,29)(H,30,36)(H,31,35)/t13-,14-,16-/m0/s1. The summed E-state index contributed by atoms with van der Waals surface area (Å²) in [5, 5.41) is 11.2. The zero-order valence-corrected chi connectivity index (χ0v) is 19.8. The first kappa shape index (κ1) is 27.2. The quantitative estimate of drug-likeness (QED) is 0.367. The molecule has 0 saturated carbocycles. The molecular formula is C21H21F6N7O4. The zero-order chi connectivity index (χ0) is 27.8. The van der Waals surface area contributed by atoms with E-state index in [0.717, 1.165) is 12.0 Å². The molecule has 0 bridgehead atoms. The van der Waals surface area contributed by atoms with Crippen LogP contribution in [0.4, 0.5) is 31.1 Å². The van der Waals surface area contributed by atoms with Crippen molar-refractivity contribution in [3.8, 4) is 0 Å². The summed E-state index contributed by atoms with van der Waals surface area (Å²) in [7, 11) is 1.05. The Kier molecular flexibility index (Phi) is 7.22. The Morgan fingerprint density at radius 1 is 1.26 bits per heavy atom. The van der Waals surface area contributed by atoms with Crippen LogP contribution in [0.5, 0.6) is 0 Å². The SMILES string of the molecule is CO[C@@H](CC(F)(F)F)[C@H](NC(=O)c1nonc1C)c1nc2ccc(CN3C[C@@H](C(F)(F)F)NC3=O)cc2[nH]1. The molecule has 3 heterocycles. The number of aromatic nitrogens is 4. The second-order valence-electron chi connectivity index (χ2n) is 8.64. The van der Waals surface area contributed by atoms with Gasteiger partial charge in [-0.3, -0.25) is 4.79 Å². The van der Waals surface area contributed by atoms with Crippen LogP contribution in [0.1, 0.15) is 40.0 Å². The van der Waals surface area contributed by atoms with Crippen molar-refractivity contribution in [3.63, 3.8) is 0 Å². The lowest BCUT2D eigenvalue weighted by molar-refractivity contribution is -0.161. The van der Waals surface area contributed by atoms with Crippen molar-refractivity contribution >= 4 is 23.0 Å². The predicted octanol–water partition coefficient (Wildman–Crippen LogP) is 3.15. The minimum Gasteiger partial charge on any atom is -0.378 e. The number of alkyl halides is 6. The molecule has 3 atom stereocenters. The Morgan fingerprint density at radius 2 is 2.00 bits per heavy atom. The number of nitrogens with one attached hydrogen (secondary N) is 3. The maximum atomic E-state index is 13.3. The van der Waals surface area contributed by atoms with Crippen molar-refractivity contribution in [1.82, 2.24) is 35.8 Å². The van der Waals surface area contributed by atoms with Gasteiger partial charge in [-0.25, -0.2) is 14.4 Å². The maximum Gasteiger partial charge on any atom is 0.410 e. The van der Waals surface area contributed by atoms with Gasteiger partial charge in [-0.2, -0.15) is 26.3 Å². The fraction of sp³-hybridized carbons (Fsp3) is 0.476. The number of nitrogens with zero attached hydrogens (tertiary/aromatic N) is 4. The summed E-state index contributed by atoms with van der Waals surface area (Å²) < 4.78 is 88.2. The molecule has 0 aliphatic carbocycles. The number of methoxy groups -OCH3 is 1. The van der Waals surface area contributed by atoms with Crippen molar-refractivity contribution in [3.05, 3.63) is 41.0 Å². The molecule has 3 aromatic rings. The van der Waals surface area contributed by atoms with Crippen molar-refractivity contribution in [2.24, 2.45) is 0 Å². The highest BCUT2D eigenvalue weighted by Gasteiger charge is 2.46. The number of hydrogen-bond acceptors (Lipinski definition) is 7. The van der Waals surface area contributed by atoms with Crippen molar-refractivity contribution in [2.45, 2.75) is 50.4 Å². The van der Waals surface area contributed by atoms with Gasteiger partial charge in [0.05, 0.1) is 30.1 Å². The number of hydrogen-bond donors (Lipinski definition) is 3. The number of aromatic amines is 1. The number of amides is 3. The van der Waals surface area contributed by atoms with Crippen LogP contribution in [0.25, 0.3) is 11.0 Å². The van der Waals surface area contributed by atoms with Crippen LogP contribution in [-0.2, 0) is 11.3 Å². The second-order valence-corrected chi connectivity index (χ2v) is 8.64. The Bertz CT molecular complexity index is 1320. The summed E-state index contributed by atoms with van der Waals surface area (Å²) in [5.74, 6) is -0.954. The average Bonchev–Trinajstić information content (AvgIpc) is 3.53. The van der Waals surface area contributed by atoms with E-state index >= 15 is 0 Å². The summed E-state index contributed by atoms with van der Waals surface area (Å²) in [5.41, 5.74) is 0.914. The van der Waals surface area contributed by atoms with Gasteiger partial charge < -0.3 is 25.3 Å². The molecule has 0 unspecified atom stereocenters. The van der Waals surface area contributed by atoms with E-state index in [1.807, 2.05) is 5.32 Å². The first-order chi connectivity index (χ1) is 17.7. The third-order valence-corrected chi connectivity index (χ3v) is 5.88. The number of fused-ring (bicyclic) bond motifs is 1. The molecule has 0 radical (unpaired) electrons. The summed E-state index contributed by atoms with van der Waals surface area (Å²) in [4.78, 5) is 32.8. The van der Waals surface area contributed by atoms with E-state index in [1.165, 1.54) is 25.1 Å². The third kappa shape index (κ3) is 5.98. The second kappa shape index (κ2) is 10.1. The number of carbonyl (C=O) groups is 2. The molecule has 1 aromatic carbocycles. The van der Waals surface area contributed by atoms with Gasteiger partial charge in [-0.1, -0.05) is 11.2 Å². The van der Waals surface area contributed by atoms with E-state index in [4.69, 9.17) is 4.74 Å². The lowest BCUT2D eigenvalue weighted by atomic mass is 10.1. The molecule has 0 spiro atoms. The molecule has 1 aliphatic heterocycles. The summed E-state index contributed by atoms with van der Waals surface area (Å²) in [6.07, 6.45) is -12.2. The molecule has 1 saturated heterocycles. The number of aryl methyl sites for hydroxylation is 1. The lowest BCUT2D eigenvalue weighted by Crippen LogP contribution is -2.40. The Labute approximate surface area is 209 Å². The Hall–Kier alpha value is -3.89. The van der Waals surface area contributed by atoms with E-state index in [9.17, 15) is 35.9 Å². The van der Waals surface area contributed by atoms with Crippen molar-refractivity contribution in [2.75, 3.05) is 13.7 Å². The minimum atomic E-state index is -4.64. The molecule has 3 amide bonds. The number of benzene rings is 1. The molecule has 1 aliphatic rings. The van der Waals surface area contributed by atoms with Crippen LogP contribution < -0.4 is 10.6 Å². The maximum absolute atomic E-state index is 13.3. The average molecular weight is 549 g/mol. The van der Waals surface area contributed by atoms with Crippen LogP contribution in [0.3, 0.4) is 0 Å². The number of halogens is 6. The summed E-state index contributed by atoms with van der Waals surface area (Å²) >= 11 is 0. The lowest BCUT2D eigenvalue weighted by Gasteiger charge is -2.26. The van der Waals surface area contributed by atoms with Crippen molar-refractivity contribution in [1.29, 1.82) is 0 Å². The van der Waals surface area contributed by atoms with Gasteiger partial charge in [-0.05, 0) is 29.8 Å². The van der Waals surface area contributed by atoms with Gasteiger partial charge in [0, 0.05) is 13.7 Å². The van der Waals surface area contributed by atoms with Gasteiger partial charge in [-0.15, -0.1) is 0 Å². The van der Waals surface area contributed by atoms with E-state index in [0.29, 0.717) is 16.6 Å². The zero-order valence-electron chi connectivity index (χ0n) is 19.8. The van der Waals surface area contributed by atoms with E-state index < -0.39 is 55.4 Å². The van der Waals surface area contributed by atoms with Gasteiger partial charge in [0.1, 0.15) is 23.6 Å². The first-order valence-corrected chi connectivity index (χ1v) is 11.1. The molecule has 11 nitrogen and oxygen atoms in total. The fourth-order valence-corrected chi connectivity index (χ4v) is 4.00. The van der Waals surface area contributed by atoms with Crippen LogP contribution in [0, 0.1) is 6.92 Å². The largest absolute Gasteiger partial charge is 0.410 e. The highest BCUT2D eigenvalue weighted by Crippen LogP contribution is 2.31. The highest BCUT2D eigenvalue weighted by molar-refractivity contribution is 5.93. The molecule has 2 aromatic heterocycles. The van der Waals surface area contributed by atoms with Gasteiger partial charge >= 0.3 is 18.4 Å². The number of H-pyrrole nitrogens is 1. The monoisotopic (exact) mass is 549 g/mol. The van der Waals surface area contributed by atoms with Crippen molar-refractivity contribution < 1.29 is 45.3 Å². The Balaban J connectivity index is 1.61. The Morgan fingerprint density at radius 3 is 2.58 bits per heavy atom. The molecule has 3 N–H and O–H groups in total. The van der Waals surface area contributed by atoms with Crippen LogP contribution >= 0.6 is 0 Å². The summed E-state index contributed by atoms with van der Waals surface area (Å²) in [6, 6.07) is 0.200. The third-order valence-electron chi connectivity index (χ3n) is 5.88. The number of ether oxygens (including phenoxy) is 1. The fourth-order valence-electron chi connectivity index (χ4n) is 4.00. The smallest absolute Gasteiger partial charge is 0.378 e. The topological polar surface area (TPSA) is 138 Å². The number of carbonyl (C=O) groups excluding carboxylic acids is 2. The van der Waals surface area contributed by atoms with Crippen LogP contribution in [-0.4, -0.2) is 75.3 Å². The van der Waals surface area contributed by atoms with Gasteiger partial charge in [0.2, 0.25) is 0 Å². The normalized spacial score (nSPS) is 18.1. The van der Waals surface area contributed by atoms with Crippen LogP contribution in [0.15, 0.2) is 22.8 Å². The number of imidazole rings is 1.